The van der Waals surface area contributed by atoms with E-state index >= 15 is 0 Å². The van der Waals surface area contributed by atoms with Gasteiger partial charge in [-0.3, -0.25) is 4.90 Å². The van der Waals surface area contributed by atoms with Gasteiger partial charge in [-0.1, -0.05) is 28.1 Å². The van der Waals surface area contributed by atoms with Crippen LogP contribution in [0.3, 0.4) is 0 Å². The van der Waals surface area contributed by atoms with Gasteiger partial charge < -0.3 is 0 Å². The zero-order valence-electron chi connectivity index (χ0n) is 5.52. The monoisotopic (exact) mass is 189 g/mol. The maximum Gasteiger partial charge on any atom is 0.0163 e. The van der Waals surface area contributed by atoms with E-state index in [1.807, 2.05) is 0 Å². The lowest BCUT2D eigenvalue weighted by molar-refractivity contribution is 0.318. The molecular formula is C7H12BrN. The van der Waals surface area contributed by atoms with Gasteiger partial charge in [-0.2, -0.15) is 0 Å². The highest BCUT2D eigenvalue weighted by Crippen LogP contribution is 2.00. The first kappa shape index (κ1) is 7.29. The van der Waals surface area contributed by atoms with Crippen LogP contribution < -0.4 is 0 Å². The van der Waals surface area contributed by atoms with Gasteiger partial charge in [-0.15, -0.1) is 0 Å². The normalized spacial score (nSPS) is 20.6. The minimum atomic E-state index is 1.10. The van der Waals surface area contributed by atoms with Crippen molar-refractivity contribution in [2.75, 3.05) is 25.0 Å². The highest BCUT2D eigenvalue weighted by molar-refractivity contribution is 9.09. The van der Waals surface area contributed by atoms with Gasteiger partial charge in [0.1, 0.15) is 0 Å². The van der Waals surface area contributed by atoms with Crippen LogP contribution in [0, 0.1) is 0 Å². The van der Waals surface area contributed by atoms with Crippen molar-refractivity contribution in [2.45, 2.75) is 6.42 Å². The van der Waals surface area contributed by atoms with Crippen LogP contribution in [0.25, 0.3) is 0 Å². The van der Waals surface area contributed by atoms with Crippen molar-refractivity contribution in [2.24, 2.45) is 0 Å². The summed E-state index contributed by atoms with van der Waals surface area (Å²) >= 11 is 3.42. The Morgan fingerprint density at radius 1 is 1.44 bits per heavy atom. The van der Waals surface area contributed by atoms with Crippen LogP contribution in [0.1, 0.15) is 6.42 Å². The number of hydrogen-bond acceptors (Lipinski definition) is 1. The van der Waals surface area contributed by atoms with Gasteiger partial charge in [-0.25, -0.2) is 0 Å². The second-order valence-electron chi connectivity index (χ2n) is 2.25. The van der Waals surface area contributed by atoms with Gasteiger partial charge >= 0.3 is 0 Å². The van der Waals surface area contributed by atoms with Gasteiger partial charge in [0.25, 0.3) is 0 Å². The Bertz CT molecular complexity index is 101. The van der Waals surface area contributed by atoms with Crippen molar-refractivity contribution >= 4 is 15.9 Å². The third kappa shape index (κ3) is 2.50. The van der Waals surface area contributed by atoms with E-state index < -0.39 is 0 Å². The van der Waals surface area contributed by atoms with E-state index in [1.165, 1.54) is 19.5 Å². The standard InChI is InChI=1S/C7H12BrN/c8-4-7-9-5-2-1-3-6-9/h1-2H,3-7H2. The second kappa shape index (κ2) is 4.07. The molecule has 9 heavy (non-hydrogen) atoms. The minimum absolute atomic E-state index is 1.10. The van der Waals surface area contributed by atoms with Crippen LogP contribution in [-0.4, -0.2) is 29.9 Å². The SMILES string of the molecule is BrCCN1CC=CCC1. The summed E-state index contributed by atoms with van der Waals surface area (Å²) in [7, 11) is 0. The molecule has 0 fully saturated rings. The number of halogens is 1. The van der Waals surface area contributed by atoms with Gasteiger partial charge in [-0.05, 0) is 6.42 Å². The minimum Gasteiger partial charge on any atom is -0.299 e. The molecule has 0 aromatic heterocycles. The third-order valence-electron chi connectivity index (χ3n) is 1.54. The molecule has 0 aromatic carbocycles. The van der Waals surface area contributed by atoms with Gasteiger partial charge in [0.2, 0.25) is 0 Å². The van der Waals surface area contributed by atoms with Gasteiger partial charge in [0.05, 0.1) is 0 Å². The van der Waals surface area contributed by atoms with Gasteiger partial charge in [0, 0.05) is 25.0 Å². The molecular weight excluding hydrogens is 178 g/mol. The number of hydrogen-bond donors (Lipinski definition) is 0. The smallest absolute Gasteiger partial charge is 0.0163 e. The van der Waals surface area contributed by atoms with E-state index in [4.69, 9.17) is 0 Å². The molecule has 0 bridgehead atoms. The van der Waals surface area contributed by atoms with E-state index in [0.717, 1.165) is 11.9 Å². The summed E-state index contributed by atoms with van der Waals surface area (Å²) in [5.41, 5.74) is 0. The molecule has 0 unspecified atom stereocenters. The van der Waals surface area contributed by atoms with Crippen molar-refractivity contribution in [3.63, 3.8) is 0 Å². The first-order chi connectivity index (χ1) is 4.43. The fourth-order valence-corrected chi connectivity index (χ4v) is 1.51. The summed E-state index contributed by atoms with van der Waals surface area (Å²) < 4.78 is 0. The summed E-state index contributed by atoms with van der Waals surface area (Å²) in [6.45, 7) is 3.57. The molecule has 0 saturated heterocycles. The molecule has 0 amide bonds. The molecule has 1 aliphatic heterocycles. The lowest BCUT2D eigenvalue weighted by Gasteiger charge is -2.21. The lowest BCUT2D eigenvalue weighted by Crippen LogP contribution is -2.28. The number of nitrogens with zero attached hydrogens (tertiary/aromatic N) is 1. The predicted molar refractivity (Wildman–Crippen MR) is 44.0 cm³/mol. The Kier molecular flexibility index (Phi) is 3.30. The van der Waals surface area contributed by atoms with E-state index in [1.54, 1.807) is 0 Å². The molecule has 1 heterocycles. The molecule has 2 heteroatoms. The molecule has 1 rings (SSSR count). The van der Waals surface area contributed by atoms with Crippen molar-refractivity contribution in [3.05, 3.63) is 12.2 Å². The Labute approximate surface area is 64.9 Å². The van der Waals surface area contributed by atoms with Crippen LogP contribution in [0.4, 0.5) is 0 Å². The number of rotatable bonds is 2. The van der Waals surface area contributed by atoms with Crippen molar-refractivity contribution in [1.82, 2.24) is 4.90 Å². The van der Waals surface area contributed by atoms with E-state index in [0.29, 0.717) is 0 Å². The maximum absolute atomic E-state index is 3.42. The average molecular weight is 190 g/mol. The molecule has 0 spiro atoms. The Hall–Kier alpha value is 0.180. The molecule has 0 atom stereocenters. The first-order valence-corrected chi connectivity index (χ1v) is 4.49. The zero-order chi connectivity index (χ0) is 6.53. The first-order valence-electron chi connectivity index (χ1n) is 3.37. The Morgan fingerprint density at radius 3 is 2.89 bits per heavy atom. The Balaban J connectivity index is 2.18. The molecule has 0 aliphatic carbocycles. The van der Waals surface area contributed by atoms with E-state index in [9.17, 15) is 0 Å². The average Bonchev–Trinajstić information content (AvgIpc) is 1.91. The van der Waals surface area contributed by atoms with Crippen molar-refractivity contribution in [1.29, 1.82) is 0 Å². The second-order valence-corrected chi connectivity index (χ2v) is 3.04. The van der Waals surface area contributed by atoms with Crippen molar-refractivity contribution < 1.29 is 0 Å². The summed E-state index contributed by atoms with van der Waals surface area (Å²) in [5, 5.41) is 1.10. The van der Waals surface area contributed by atoms with Crippen LogP contribution in [0.2, 0.25) is 0 Å². The highest BCUT2D eigenvalue weighted by Gasteiger charge is 2.02. The molecule has 0 N–H and O–H groups in total. The quantitative estimate of drug-likeness (QED) is 0.472. The highest BCUT2D eigenvalue weighted by atomic mass is 79.9. The van der Waals surface area contributed by atoms with Gasteiger partial charge in [0.15, 0.2) is 0 Å². The van der Waals surface area contributed by atoms with Crippen LogP contribution in [0.15, 0.2) is 12.2 Å². The molecule has 0 radical (unpaired) electrons. The van der Waals surface area contributed by atoms with E-state index in [-0.39, 0.29) is 0 Å². The fraction of sp³-hybridized carbons (Fsp3) is 0.714. The maximum atomic E-state index is 3.42. The lowest BCUT2D eigenvalue weighted by atomic mass is 10.2. The van der Waals surface area contributed by atoms with Crippen LogP contribution >= 0.6 is 15.9 Å². The number of alkyl halides is 1. The topological polar surface area (TPSA) is 3.24 Å². The molecule has 0 aromatic rings. The summed E-state index contributed by atoms with van der Waals surface area (Å²) in [6.07, 6.45) is 5.73. The molecule has 0 saturated carbocycles. The summed E-state index contributed by atoms with van der Waals surface area (Å²) in [6, 6.07) is 0. The summed E-state index contributed by atoms with van der Waals surface area (Å²) in [5.74, 6) is 0. The molecule has 1 nitrogen and oxygen atoms in total. The van der Waals surface area contributed by atoms with Crippen LogP contribution in [-0.2, 0) is 0 Å². The Morgan fingerprint density at radius 2 is 2.33 bits per heavy atom. The fourth-order valence-electron chi connectivity index (χ4n) is 1.01. The molecule has 52 valence electrons. The summed E-state index contributed by atoms with van der Waals surface area (Å²) in [4.78, 5) is 2.44. The van der Waals surface area contributed by atoms with Crippen LogP contribution in [0.5, 0.6) is 0 Å². The molecule has 1 aliphatic rings. The van der Waals surface area contributed by atoms with E-state index in [2.05, 4.69) is 33.0 Å². The third-order valence-corrected chi connectivity index (χ3v) is 1.90. The largest absolute Gasteiger partial charge is 0.299 e. The zero-order valence-corrected chi connectivity index (χ0v) is 7.10. The van der Waals surface area contributed by atoms with Crippen molar-refractivity contribution in [3.8, 4) is 0 Å². The predicted octanol–water partition coefficient (Wildman–Crippen LogP) is 1.64.